The predicted octanol–water partition coefficient (Wildman–Crippen LogP) is 2.91. The first-order valence-electron chi connectivity index (χ1n) is 6.31. The Morgan fingerprint density at radius 3 is 2.07 bits per heavy atom. The third-order valence-corrected chi connectivity index (χ3v) is 3.24. The molecule has 0 radical (unpaired) electrons. The second-order valence-electron chi connectivity index (χ2n) is 6.06. The summed E-state index contributed by atoms with van der Waals surface area (Å²) in [6.45, 7) is 9.15. The Hall–Kier alpha value is -0.480. The van der Waals surface area contributed by atoms with Gasteiger partial charge in [0.1, 0.15) is 0 Å². The molecule has 2 rings (SSSR count). The summed E-state index contributed by atoms with van der Waals surface area (Å²) >= 11 is 0. The lowest BCUT2D eigenvalue weighted by Gasteiger charge is -2.29. The van der Waals surface area contributed by atoms with E-state index in [4.69, 9.17) is 0 Å². The average molecular weight is 205 g/mol. The molecule has 1 aliphatic carbocycles. The molecule has 0 aromatic heterocycles. The highest BCUT2D eigenvalue weighted by atomic mass is 15.2. The Morgan fingerprint density at radius 1 is 1.00 bits per heavy atom. The zero-order chi connectivity index (χ0) is 10.9. The Bertz CT molecular complexity index is 264. The van der Waals surface area contributed by atoms with Crippen LogP contribution in [0.2, 0.25) is 0 Å². The number of likely N-dealkylation sites (tertiary alicyclic amines) is 1. The minimum absolute atomic E-state index is 0.174. The van der Waals surface area contributed by atoms with Gasteiger partial charge in [-0.05, 0) is 59.5 Å². The van der Waals surface area contributed by atoms with Crippen molar-refractivity contribution in [1.82, 2.24) is 4.90 Å². The molecule has 1 heterocycles. The zero-order valence-electron chi connectivity index (χ0n) is 10.3. The highest BCUT2D eigenvalue weighted by Gasteiger charge is 2.31. The lowest BCUT2D eigenvalue weighted by Crippen LogP contribution is -2.34. The lowest BCUT2D eigenvalue weighted by atomic mass is 9.93. The fourth-order valence-corrected chi connectivity index (χ4v) is 2.17. The van der Waals surface area contributed by atoms with E-state index in [1.165, 1.54) is 38.8 Å². The summed E-state index contributed by atoms with van der Waals surface area (Å²) in [5.41, 5.74) is 0.174. The Morgan fingerprint density at radius 2 is 1.60 bits per heavy atom. The van der Waals surface area contributed by atoms with Gasteiger partial charge in [-0.3, -0.25) is 0 Å². The van der Waals surface area contributed by atoms with Crippen molar-refractivity contribution in [3.63, 3.8) is 0 Å². The van der Waals surface area contributed by atoms with Crippen LogP contribution in [0.15, 0.2) is 0 Å². The van der Waals surface area contributed by atoms with Crippen molar-refractivity contribution in [1.29, 1.82) is 0 Å². The Kier molecular flexibility index (Phi) is 3.07. The molecule has 0 atom stereocenters. The van der Waals surface area contributed by atoms with Crippen molar-refractivity contribution in [3.8, 4) is 11.8 Å². The quantitative estimate of drug-likeness (QED) is 0.595. The van der Waals surface area contributed by atoms with E-state index in [0.717, 1.165) is 6.04 Å². The van der Waals surface area contributed by atoms with E-state index in [2.05, 4.69) is 37.5 Å². The van der Waals surface area contributed by atoms with Gasteiger partial charge in [0.25, 0.3) is 0 Å². The minimum Gasteiger partial charge on any atom is -0.300 e. The standard InChI is InChI=1S/C14H23N/c1-14(2,3)9-6-12-7-10-15(11-8-12)13-4-5-13/h12-13H,4-5,7-8,10-11H2,1-3H3. The van der Waals surface area contributed by atoms with Crippen molar-refractivity contribution < 1.29 is 0 Å². The van der Waals surface area contributed by atoms with Crippen LogP contribution in [0, 0.1) is 23.2 Å². The highest BCUT2D eigenvalue weighted by Crippen LogP contribution is 2.30. The smallest absolute Gasteiger partial charge is 0.0230 e. The summed E-state index contributed by atoms with van der Waals surface area (Å²) in [5.74, 6) is 7.51. The first-order chi connectivity index (χ1) is 7.04. The molecule has 0 aromatic rings. The highest BCUT2D eigenvalue weighted by molar-refractivity contribution is 5.11. The molecule has 84 valence electrons. The van der Waals surface area contributed by atoms with E-state index in [-0.39, 0.29) is 5.41 Å². The molecular weight excluding hydrogens is 182 g/mol. The van der Waals surface area contributed by atoms with Crippen molar-refractivity contribution in [3.05, 3.63) is 0 Å². The monoisotopic (exact) mass is 205 g/mol. The summed E-state index contributed by atoms with van der Waals surface area (Å²) in [5, 5.41) is 0. The van der Waals surface area contributed by atoms with Crippen LogP contribution in [0.25, 0.3) is 0 Å². The van der Waals surface area contributed by atoms with E-state index in [9.17, 15) is 0 Å². The van der Waals surface area contributed by atoms with Gasteiger partial charge in [0, 0.05) is 17.4 Å². The molecule has 1 nitrogen and oxygen atoms in total. The lowest BCUT2D eigenvalue weighted by molar-refractivity contribution is 0.197. The molecule has 15 heavy (non-hydrogen) atoms. The van der Waals surface area contributed by atoms with Gasteiger partial charge in [0.2, 0.25) is 0 Å². The first kappa shape index (κ1) is 11.0. The molecule has 1 saturated carbocycles. The third-order valence-electron chi connectivity index (χ3n) is 3.24. The number of hydrogen-bond donors (Lipinski definition) is 0. The number of hydrogen-bond acceptors (Lipinski definition) is 1. The van der Waals surface area contributed by atoms with Crippen LogP contribution in [0.3, 0.4) is 0 Å². The molecular formula is C14H23N. The van der Waals surface area contributed by atoms with Gasteiger partial charge in [0.05, 0.1) is 0 Å². The molecule has 1 heteroatoms. The molecule has 1 saturated heterocycles. The van der Waals surface area contributed by atoms with Crippen LogP contribution >= 0.6 is 0 Å². The first-order valence-corrected chi connectivity index (χ1v) is 6.31. The molecule has 0 N–H and O–H groups in total. The van der Waals surface area contributed by atoms with Crippen LogP contribution in [-0.4, -0.2) is 24.0 Å². The van der Waals surface area contributed by atoms with Gasteiger partial charge in [-0.1, -0.05) is 11.8 Å². The average Bonchev–Trinajstić information content (AvgIpc) is 2.98. The number of piperidine rings is 1. The molecule has 0 amide bonds. The Labute approximate surface area is 94.2 Å². The minimum atomic E-state index is 0.174. The van der Waals surface area contributed by atoms with Crippen molar-refractivity contribution in [2.75, 3.05) is 13.1 Å². The maximum atomic E-state index is 3.46. The van der Waals surface area contributed by atoms with E-state index < -0.39 is 0 Å². The molecule has 2 aliphatic rings. The summed E-state index contributed by atoms with van der Waals surface area (Å²) in [7, 11) is 0. The second kappa shape index (κ2) is 4.18. The second-order valence-corrected chi connectivity index (χ2v) is 6.06. The summed E-state index contributed by atoms with van der Waals surface area (Å²) in [6.07, 6.45) is 5.47. The maximum absolute atomic E-state index is 3.46. The van der Waals surface area contributed by atoms with Gasteiger partial charge in [-0.15, -0.1) is 0 Å². The summed E-state index contributed by atoms with van der Waals surface area (Å²) in [6, 6.07) is 0.946. The Balaban J connectivity index is 1.79. The number of rotatable bonds is 1. The van der Waals surface area contributed by atoms with E-state index >= 15 is 0 Å². The molecule has 0 aromatic carbocycles. The topological polar surface area (TPSA) is 3.24 Å². The van der Waals surface area contributed by atoms with Crippen LogP contribution < -0.4 is 0 Å². The molecule has 2 fully saturated rings. The maximum Gasteiger partial charge on any atom is 0.0230 e. The normalized spacial score (nSPS) is 24.7. The van der Waals surface area contributed by atoms with Gasteiger partial charge in [-0.25, -0.2) is 0 Å². The molecule has 1 aliphatic heterocycles. The molecule has 0 unspecified atom stereocenters. The third kappa shape index (κ3) is 3.54. The van der Waals surface area contributed by atoms with Gasteiger partial charge in [-0.2, -0.15) is 0 Å². The van der Waals surface area contributed by atoms with Crippen LogP contribution in [-0.2, 0) is 0 Å². The molecule has 0 spiro atoms. The SMILES string of the molecule is CC(C)(C)C#CC1CCN(C2CC2)CC1. The van der Waals surface area contributed by atoms with Crippen molar-refractivity contribution in [2.45, 2.75) is 52.5 Å². The zero-order valence-corrected chi connectivity index (χ0v) is 10.3. The van der Waals surface area contributed by atoms with Crippen molar-refractivity contribution in [2.24, 2.45) is 11.3 Å². The summed E-state index contributed by atoms with van der Waals surface area (Å²) in [4.78, 5) is 2.66. The van der Waals surface area contributed by atoms with Crippen molar-refractivity contribution >= 4 is 0 Å². The number of nitrogens with zero attached hydrogens (tertiary/aromatic N) is 1. The van der Waals surface area contributed by atoms with Gasteiger partial charge < -0.3 is 4.90 Å². The largest absolute Gasteiger partial charge is 0.300 e. The fourth-order valence-electron chi connectivity index (χ4n) is 2.17. The summed E-state index contributed by atoms with van der Waals surface area (Å²) < 4.78 is 0. The van der Waals surface area contributed by atoms with Crippen LogP contribution in [0.4, 0.5) is 0 Å². The van der Waals surface area contributed by atoms with Gasteiger partial charge >= 0.3 is 0 Å². The molecule has 0 bridgehead atoms. The van der Waals surface area contributed by atoms with E-state index in [1.54, 1.807) is 0 Å². The fraction of sp³-hybridized carbons (Fsp3) is 0.857. The van der Waals surface area contributed by atoms with Crippen LogP contribution in [0.1, 0.15) is 46.5 Å². The van der Waals surface area contributed by atoms with Crippen LogP contribution in [0.5, 0.6) is 0 Å². The van der Waals surface area contributed by atoms with E-state index in [0.29, 0.717) is 5.92 Å². The van der Waals surface area contributed by atoms with E-state index in [1.807, 2.05) is 0 Å². The van der Waals surface area contributed by atoms with Gasteiger partial charge in [0.15, 0.2) is 0 Å². The predicted molar refractivity (Wildman–Crippen MR) is 64.6 cm³/mol.